The number of carbonyl (C=O) groups excluding carboxylic acids is 1. The van der Waals surface area contributed by atoms with Crippen LogP contribution in [0.5, 0.6) is 23.0 Å². The summed E-state index contributed by atoms with van der Waals surface area (Å²) < 4.78 is 24.7. The first-order valence-electron chi connectivity index (χ1n) is 10.8. The number of hydrogen-bond acceptors (Lipinski definition) is 5. The van der Waals surface area contributed by atoms with E-state index in [1.807, 2.05) is 24.4 Å². The van der Waals surface area contributed by atoms with Gasteiger partial charge in [-0.25, -0.2) is 4.79 Å². The molecule has 7 nitrogen and oxygen atoms in total. The summed E-state index contributed by atoms with van der Waals surface area (Å²) in [5.74, 6) is 2.44. The first-order valence-corrected chi connectivity index (χ1v) is 10.8. The molecule has 33 heavy (non-hydrogen) atoms. The Morgan fingerprint density at radius 1 is 1.15 bits per heavy atom. The van der Waals surface area contributed by atoms with Crippen LogP contribution in [0.15, 0.2) is 61.8 Å². The number of aryl methyl sites for hydroxylation is 2. The van der Waals surface area contributed by atoms with Crippen molar-refractivity contribution in [2.45, 2.75) is 13.0 Å². The average Bonchev–Trinajstić information content (AvgIpc) is 3.29. The molecule has 0 atom stereocenters. The Bertz CT molecular complexity index is 1270. The van der Waals surface area contributed by atoms with E-state index in [4.69, 9.17) is 18.9 Å². The molecule has 5 rings (SSSR count). The highest BCUT2D eigenvalue weighted by Gasteiger charge is 2.29. The van der Waals surface area contributed by atoms with Crippen LogP contribution in [0, 0.1) is 0 Å². The van der Waals surface area contributed by atoms with E-state index in [9.17, 15) is 4.79 Å². The molecule has 7 heteroatoms. The Labute approximate surface area is 192 Å². The van der Waals surface area contributed by atoms with E-state index in [2.05, 4.69) is 29.9 Å². The van der Waals surface area contributed by atoms with Crippen molar-refractivity contribution in [3.05, 3.63) is 67.4 Å². The number of fused-ring (bicyclic) bond motifs is 5. The molecule has 2 aliphatic heterocycles. The fourth-order valence-electron chi connectivity index (χ4n) is 4.35. The fraction of sp³-hybridized carbons (Fsp3) is 0.231. The normalized spacial score (nSPS) is 13.1. The zero-order valence-corrected chi connectivity index (χ0v) is 18.5. The number of benzene rings is 2. The number of hydrogen-bond donors (Lipinski definition) is 0. The average molecular weight is 445 g/mol. The first-order chi connectivity index (χ1) is 16.1. The van der Waals surface area contributed by atoms with Gasteiger partial charge in [0.05, 0.1) is 18.1 Å². The van der Waals surface area contributed by atoms with Gasteiger partial charge in [0.2, 0.25) is 12.5 Å². The maximum absolute atomic E-state index is 12.9. The Balaban J connectivity index is 1.59. The number of ether oxygens (including phenoxy) is 4. The van der Waals surface area contributed by atoms with Gasteiger partial charge in [0, 0.05) is 25.6 Å². The SMILES string of the molecule is C=CCN(CC=C)C(=O)Oc1c(OC)ccc2cc3[n+](cc12)CCc1cc2c(cc1-3)OCO2. The molecule has 0 bridgehead atoms. The number of pyridine rings is 1. The van der Waals surface area contributed by atoms with E-state index in [1.54, 1.807) is 19.3 Å². The molecule has 1 amide bonds. The monoisotopic (exact) mass is 445 g/mol. The molecular weight excluding hydrogens is 420 g/mol. The van der Waals surface area contributed by atoms with Crippen molar-refractivity contribution in [2.75, 3.05) is 27.0 Å². The molecule has 1 aromatic heterocycles. The van der Waals surface area contributed by atoms with Crippen LogP contribution in [0.4, 0.5) is 4.79 Å². The van der Waals surface area contributed by atoms with Crippen molar-refractivity contribution in [3.63, 3.8) is 0 Å². The molecule has 0 saturated heterocycles. The third-order valence-corrected chi connectivity index (χ3v) is 5.94. The Morgan fingerprint density at radius 3 is 2.64 bits per heavy atom. The lowest BCUT2D eigenvalue weighted by atomic mass is 9.95. The molecule has 0 aliphatic carbocycles. The van der Waals surface area contributed by atoms with E-state index < -0.39 is 6.09 Å². The molecule has 2 aliphatic rings. The highest BCUT2D eigenvalue weighted by molar-refractivity contribution is 5.93. The van der Waals surface area contributed by atoms with E-state index >= 15 is 0 Å². The number of aromatic nitrogens is 1. The number of carbonyl (C=O) groups is 1. The quantitative estimate of drug-likeness (QED) is 0.419. The number of amides is 1. The molecule has 3 heterocycles. The topological polar surface area (TPSA) is 61.1 Å². The third-order valence-electron chi connectivity index (χ3n) is 5.94. The third kappa shape index (κ3) is 3.65. The van der Waals surface area contributed by atoms with Crippen LogP contribution in [-0.4, -0.2) is 38.0 Å². The molecule has 168 valence electrons. The van der Waals surface area contributed by atoms with Crippen LogP contribution in [0.2, 0.25) is 0 Å². The van der Waals surface area contributed by atoms with Gasteiger partial charge >= 0.3 is 6.09 Å². The minimum absolute atomic E-state index is 0.249. The van der Waals surface area contributed by atoms with E-state index in [1.165, 1.54) is 10.5 Å². The van der Waals surface area contributed by atoms with Crippen molar-refractivity contribution in [3.8, 4) is 34.3 Å². The lowest BCUT2D eigenvalue weighted by molar-refractivity contribution is -0.686. The van der Waals surface area contributed by atoms with Crippen molar-refractivity contribution >= 4 is 16.9 Å². The van der Waals surface area contributed by atoms with E-state index in [-0.39, 0.29) is 6.79 Å². The summed E-state index contributed by atoms with van der Waals surface area (Å²) in [4.78, 5) is 14.4. The summed E-state index contributed by atoms with van der Waals surface area (Å²) in [6, 6.07) is 10.0. The Morgan fingerprint density at radius 2 is 1.91 bits per heavy atom. The highest BCUT2D eigenvalue weighted by Crippen LogP contribution is 2.41. The maximum atomic E-state index is 12.9. The smallest absolute Gasteiger partial charge is 0.415 e. The van der Waals surface area contributed by atoms with Crippen LogP contribution in [0.3, 0.4) is 0 Å². The second kappa shape index (κ2) is 8.50. The molecule has 0 unspecified atom stereocenters. The van der Waals surface area contributed by atoms with Gasteiger partial charge in [-0.05, 0) is 35.2 Å². The fourth-order valence-corrected chi connectivity index (χ4v) is 4.35. The Hall–Kier alpha value is -4.00. The molecular formula is C26H25N2O5+. The van der Waals surface area contributed by atoms with Gasteiger partial charge in [0.1, 0.15) is 0 Å². The molecule has 0 saturated carbocycles. The molecule has 3 aromatic rings. The van der Waals surface area contributed by atoms with Crippen molar-refractivity contribution < 1.29 is 28.3 Å². The lowest BCUT2D eigenvalue weighted by Gasteiger charge is -2.21. The van der Waals surface area contributed by atoms with Crippen molar-refractivity contribution in [2.24, 2.45) is 0 Å². The largest absolute Gasteiger partial charge is 0.493 e. The summed E-state index contributed by atoms with van der Waals surface area (Å²) >= 11 is 0. The molecule has 0 radical (unpaired) electrons. The van der Waals surface area contributed by atoms with Gasteiger partial charge in [-0.3, -0.25) is 0 Å². The predicted molar refractivity (Wildman–Crippen MR) is 124 cm³/mol. The maximum Gasteiger partial charge on any atom is 0.415 e. The molecule has 0 spiro atoms. The van der Waals surface area contributed by atoms with Gasteiger partial charge in [0.15, 0.2) is 35.7 Å². The summed E-state index contributed by atoms with van der Waals surface area (Å²) in [7, 11) is 1.56. The van der Waals surface area contributed by atoms with Crippen molar-refractivity contribution in [1.29, 1.82) is 0 Å². The highest BCUT2D eigenvalue weighted by atomic mass is 16.7. The number of methoxy groups -OCH3 is 1. The Kier molecular flexibility index (Phi) is 5.38. The van der Waals surface area contributed by atoms with Crippen LogP contribution in [0.25, 0.3) is 22.0 Å². The lowest BCUT2D eigenvalue weighted by Crippen LogP contribution is -2.40. The zero-order chi connectivity index (χ0) is 22.9. The number of rotatable bonds is 6. The minimum Gasteiger partial charge on any atom is -0.493 e. The molecule has 0 N–H and O–H groups in total. The van der Waals surface area contributed by atoms with Gasteiger partial charge < -0.3 is 23.8 Å². The van der Waals surface area contributed by atoms with E-state index in [0.29, 0.717) is 24.6 Å². The van der Waals surface area contributed by atoms with Crippen molar-refractivity contribution in [1.82, 2.24) is 4.90 Å². The van der Waals surface area contributed by atoms with E-state index in [0.717, 1.165) is 46.5 Å². The summed E-state index contributed by atoms with van der Waals surface area (Å²) in [5.41, 5.74) is 3.41. The second-order valence-corrected chi connectivity index (χ2v) is 7.91. The predicted octanol–water partition coefficient (Wildman–Crippen LogP) is 4.26. The molecule has 0 fully saturated rings. The first kappa shape index (κ1) is 20.9. The standard InChI is InChI=1S/C26H25N2O5/c1-4-9-27(10-5-2)26(29)33-25-20-15-28-11-8-18-13-23-24(32-16-31-23)14-19(18)21(28)12-17(20)6-7-22(25)30-3/h4-7,12-15H,1-2,8-11,16H2,3H3/q+1. The summed E-state index contributed by atoms with van der Waals surface area (Å²) in [6.07, 6.45) is 5.71. The van der Waals surface area contributed by atoms with Crippen LogP contribution >= 0.6 is 0 Å². The van der Waals surface area contributed by atoms with Gasteiger partial charge in [-0.2, -0.15) is 4.57 Å². The van der Waals surface area contributed by atoms with Crippen LogP contribution < -0.4 is 23.5 Å². The summed E-state index contributed by atoms with van der Waals surface area (Å²) in [6.45, 7) is 9.19. The van der Waals surface area contributed by atoms with Crippen LogP contribution in [0.1, 0.15) is 5.56 Å². The second-order valence-electron chi connectivity index (χ2n) is 7.91. The van der Waals surface area contributed by atoms with Gasteiger partial charge in [0.25, 0.3) is 0 Å². The van der Waals surface area contributed by atoms with Gasteiger partial charge in [-0.1, -0.05) is 12.2 Å². The van der Waals surface area contributed by atoms with Crippen LogP contribution in [-0.2, 0) is 13.0 Å². The molecule has 2 aromatic carbocycles. The van der Waals surface area contributed by atoms with Gasteiger partial charge in [-0.15, -0.1) is 13.2 Å². The minimum atomic E-state index is -0.485. The summed E-state index contributed by atoms with van der Waals surface area (Å²) in [5, 5.41) is 1.74. The zero-order valence-electron chi connectivity index (χ0n) is 18.5. The number of nitrogens with zero attached hydrogens (tertiary/aromatic N) is 2.